The lowest BCUT2D eigenvalue weighted by molar-refractivity contribution is -0.146. The quantitative estimate of drug-likeness (QED) is 0.591. The number of morpholine rings is 1. The molecule has 2 aliphatic heterocycles. The Morgan fingerprint density at radius 1 is 1.33 bits per heavy atom. The van der Waals surface area contributed by atoms with Gasteiger partial charge in [0.15, 0.2) is 0 Å². The molecular weight excluding hydrogens is 194 g/mol. The number of hydrogen-bond donors (Lipinski definition) is 1. The Balaban J connectivity index is 1.84. The lowest BCUT2D eigenvalue weighted by atomic mass is 10.2. The lowest BCUT2D eigenvalue weighted by Gasteiger charge is -2.35. The van der Waals surface area contributed by atoms with Crippen LogP contribution in [0.25, 0.3) is 0 Å². The van der Waals surface area contributed by atoms with Crippen LogP contribution in [0, 0.1) is 0 Å². The smallest absolute Gasteiger partial charge is 0.253 e. The molecular formula is C10H19N3O2. The van der Waals surface area contributed by atoms with Crippen LogP contribution in [0.1, 0.15) is 0 Å². The van der Waals surface area contributed by atoms with Crippen LogP contribution in [0.2, 0.25) is 0 Å². The van der Waals surface area contributed by atoms with E-state index in [4.69, 9.17) is 4.74 Å². The highest BCUT2D eigenvalue weighted by Gasteiger charge is 2.28. The van der Waals surface area contributed by atoms with Gasteiger partial charge in [0.05, 0.1) is 6.61 Å². The van der Waals surface area contributed by atoms with Gasteiger partial charge in [-0.05, 0) is 7.05 Å². The molecule has 5 nitrogen and oxygen atoms in total. The highest BCUT2D eigenvalue weighted by Crippen LogP contribution is 2.06. The molecule has 1 amide bonds. The summed E-state index contributed by atoms with van der Waals surface area (Å²) in [5.74, 6) is 0.148. The van der Waals surface area contributed by atoms with E-state index in [-0.39, 0.29) is 12.0 Å². The maximum atomic E-state index is 12.0. The van der Waals surface area contributed by atoms with E-state index >= 15 is 0 Å². The van der Waals surface area contributed by atoms with Crippen LogP contribution in [0.4, 0.5) is 0 Å². The summed E-state index contributed by atoms with van der Waals surface area (Å²) in [5.41, 5.74) is 0. The topological polar surface area (TPSA) is 44.8 Å². The SMILES string of the molecule is CN1CCN(C(=O)[C@@H]2CNCCO2)CC1. The molecule has 0 aromatic carbocycles. The zero-order valence-electron chi connectivity index (χ0n) is 9.24. The number of nitrogens with zero attached hydrogens (tertiary/aromatic N) is 2. The molecule has 0 aromatic heterocycles. The highest BCUT2D eigenvalue weighted by molar-refractivity contribution is 5.81. The van der Waals surface area contributed by atoms with Gasteiger partial charge in [0, 0.05) is 39.3 Å². The van der Waals surface area contributed by atoms with Gasteiger partial charge in [0.2, 0.25) is 0 Å². The van der Waals surface area contributed by atoms with Gasteiger partial charge in [0.1, 0.15) is 6.10 Å². The Labute approximate surface area is 90.4 Å². The Morgan fingerprint density at radius 2 is 2.07 bits per heavy atom. The second-order valence-electron chi connectivity index (χ2n) is 4.19. The van der Waals surface area contributed by atoms with Crippen molar-refractivity contribution in [2.24, 2.45) is 0 Å². The second kappa shape index (κ2) is 4.92. The number of nitrogens with one attached hydrogen (secondary N) is 1. The molecule has 0 unspecified atom stereocenters. The summed E-state index contributed by atoms with van der Waals surface area (Å²) in [6, 6.07) is 0. The first-order valence-corrected chi connectivity index (χ1v) is 5.57. The number of piperazine rings is 1. The first kappa shape index (κ1) is 10.9. The molecule has 0 aromatic rings. The van der Waals surface area contributed by atoms with E-state index in [0.29, 0.717) is 13.2 Å². The summed E-state index contributed by atoms with van der Waals surface area (Å²) < 4.78 is 5.45. The number of ether oxygens (including phenoxy) is 1. The van der Waals surface area contributed by atoms with E-state index in [2.05, 4.69) is 17.3 Å². The molecule has 0 bridgehead atoms. The van der Waals surface area contributed by atoms with Crippen LogP contribution in [-0.4, -0.2) is 74.7 Å². The van der Waals surface area contributed by atoms with E-state index in [1.807, 2.05) is 4.90 Å². The van der Waals surface area contributed by atoms with E-state index in [1.165, 1.54) is 0 Å². The number of likely N-dealkylation sites (N-methyl/N-ethyl adjacent to an activating group) is 1. The fourth-order valence-electron chi connectivity index (χ4n) is 1.95. The zero-order valence-corrected chi connectivity index (χ0v) is 9.24. The molecule has 0 saturated carbocycles. The minimum absolute atomic E-state index is 0.148. The molecule has 2 heterocycles. The predicted octanol–water partition coefficient (Wildman–Crippen LogP) is -1.25. The number of carbonyl (C=O) groups is 1. The van der Waals surface area contributed by atoms with Crippen LogP contribution in [-0.2, 0) is 9.53 Å². The maximum absolute atomic E-state index is 12.0. The second-order valence-corrected chi connectivity index (χ2v) is 4.19. The zero-order chi connectivity index (χ0) is 10.7. The maximum Gasteiger partial charge on any atom is 0.253 e. The van der Waals surface area contributed by atoms with Crippen molar-refractivity contribution in [2.45, 2.75) is 6.10 Å². The normalized spacial score (nSPS) is 29.1. The van der Waals surface area contributed by atoms with E-state index in [0.717, 1.165) is 32.7 Å². The summed E-state index contributed by atoms with van der Waals surface area (Å²) in [6.45, 7) is 5.74. The van der Waals surface area contributed by atoms with Crippen molar-refractivity contribution < 1.29 is 9.53 Å². The molecule has 2 rings (SSSR count). The van der Waals surface area contributed by atoms with Gasteiger partial charge in [-0.25, -0.2) is 0 Å². The van der Waals surface area contributed by atoms with Crippen LogP contribution < -0.4 is 5.32 Å². The third kappa shape index (κ3) is 2.68. The molecule has 1 N–H and O–H groups in total. The Kier molecular flexibility index (Phi) is 3.56. The summed E-state index contributed by atoms with van der Waals surface area (Å²) >= 11 is 0. The summed E-state index contributed by atoms with van der Waals surface area (Å²) in [4.78, 5) is 16.2. The van der Waals surface area contributed by atoms with Crippen molar-refractivity contribution in [3.05, 3.63) is 0 Å². The van der Waals surface area contributed by atoms with Crippen molar-refractivity contribution in [3.63, 3.8) is 0 Å². The van der Waals surface area contributed by atoms with Gasteiger partial charge in [-0.1, -0.05) is 0 Å². The van der Waals surface area contributed by atoms with Crippen molar-refractivity contribution >= 4 is 5.91 Å². The average molecular weight is 213 g/mol. The van der Waals surface area contributed by atoms with Crippen LogP contribution in [0.3, 0.4) is 0 Å². The minimum Gasteiger partial charge on any atom is -0.366 e. The Hall–Kier alpha value is -0.650. The first-order valence-electron chi connectivity index (χ1n) is 5.57. The number of hydrogen-bond acceptors (Lipinski definition) is 4. The van der Waals surface area contributed by atoms with Crippen molar-refractivity contribution in [2.75, 3.05) is 52.9 Å². The predicted molar refractivity (Wildman–Crippen MR) is 56.7 cm³/mol. The molecule has 2 fully saturated rings. The van der Waals surface area contributed by atoms with E-state index in [9.17, 15) is 4.79 Å². The van der Waals surface area contributed by atoms with Crippen LogP contribution in [0.15, 0.2) is 0 Å². The van der Waals surface area contributed by atoms with E-state index < -0.39 is 0 Å². The summed E-state index contributed by atoms with van der Waals surface area (Å²) in [5, 5.41) is 3.18. The summed E-state index contributed by atoms with van der Waals surface area (Å²) in [6.07, 6.45) is -0.262. The van der Waals surface area contributed by atoms with Gasteiger partial charge in [-0.15, -0.1) is 0 Å². The van der Waals surface area contributed by atoms with Crippen LogP contribution in [0.5, 0.6) is 0 Å². The largest absolute Gasteiger partial charge is 0.366 e. The number of rotatable bonds is 1. The standard InChI is InChI=1S/C10H19N3O2/c1-12-3-5-13(6-4-12)10(14)9-8-11-2-7-15-9/h9,11H,2-8H2,1H3/t9-/m0/s1. The van der Waals surface area contributed by atoms with Gasteiger partial charge in [0.25, 0.3) is 5.91 Å². The number of amides is 1. The van der Waals surface area contributed by atoms with Gasteiger partial charge in [-0.3, -0.25) is 4.79 Å². The molecule has 2 aliphatic rings. The molecule has 2 saturated heterocycles. The average Bonchev–Trinajstić information content (AvgIpc) is 2.30. The molecule has 0 aliphatic carbocycles. The molecule has 1 atom stereocenters. The van der Waals surface area contributed by atoms with Crippen molar-refractivity contribution in [1.82, 2.24) is 15.1 Å². The molecule has 86 valence electrons. The molecule has 5 heteroatoms. The monoisotopic (exact) mass is 213 g/mol. The third-order valence-corrected chi connectivity index (χ3v) is 3.02. The van der Waals surface area contributed by atoms with Gasteiger partial charge < -0.3 is 19.9 Å². The first-order chi connectivity index (χ1) is 7.27. The number of carbonyl (C=O) groups excluding carboxylic acids is 1. The summed E-state index contributed by atoms with van der Waals surface area (Å²) in [7, 11) is 2.08. The van der Waals surface area contributed by atoms with Gasteiger partial charge in [-0.2, -0.15) is 0 Å². The molecule has 0 radical (unpaired) electrons. The molecule has 0 spiro atoms. The Bertz CT molecular complexity index is 221. The van der Waals surface area contributed by atoms with Crippen LogP contribution >= 0.6 is 0 Å². The third-order valence-electron chi connectivity index (χ3n) is 3.02. The molecule has 15 heavy (non-hydrogen) atoms. The van der Waals surface area contributed by atoms with Crippen molar-refractivity contribution in [3.8, 4) is 0 Å². The lowest BCUT2D eigenvalue weighted by Crippen LogP contribution is -2.54. The minimum atomic E-state index is -0.262. The fourth-order valence-corrected chi connectivity index (χ4v) is 1.95. The van der Waals surface area contributed by atoms with Gasteiger partial charge >= 0.3 is 0 Å². The highest BCUT2D eigenvalue weighted by atomic mass is 16.5. The van der Waals surface area contributed by atoms with E-state index in [1.54, 1.807) is 0 Å². The fraction of sp³-hybridized carbons (Fsp3) is 0.900. The van der Waals surface area contributed by atoms with Crippen molar-refractivity contribution in [1.29, 1.82) is 0 Å². The Morgan fingerprint density at radius 3 is 2.67 bits per heavy atom.